The number of amides is 1. The van der Waals surface area contributed by atoms with Crippen molar-refractivity contribution < 1.29 is 9.53 Å². The molecule has 25 heavy (non-hydrogen) atoms. The molecule has 130 valence electrons. The lowest BCUT2D eigenvalue weighted by Gasteiger charge is -2.11. The molecule has 0 aliphatic carbocycles. The van der Waals surface area contributed by atoms with E-state index in [1.165, 1.54) is 23.1 Å². The number of thioether (sulfide) groups is 1. The van der Waals surface area contributed by atoms with Gasteiger partial charge in [0.25, 0.3) is 5.91 Å². The van der Waals surface area contributed by atoms with Gasteiger partial charge < -0.3 is 4.74 Å². The van der Waals surface area contributed by atoms with Crippen molar-refractivity contribution in [2.24, 2.45) is 4.99 Å². The predicted molar refractivity (Wildman–Crippen MR) is 102 cm³/mol. The summed E-state index contributed by atoms with van der Waals surface area (Å²) >= 11 is 2.77. The van der Waals surface area contributed by atoms with Crippen molar-refractivity contribution in [3.05, 3.63) is 39.7 Å². The Hall–Kier alpha value is -2.19. The molecule has 1 aromatic carbocycles. The standard InChI is InChI=1S/C17H18N4O2S2/c1-4-21-15(22)14(10-12-6-8-13(9-7-12)23-5-2)25-17(21)18-16-20-19-11(3)24-16/h6-10H,4-5H2,1-3H3/b14-10-,18-17+. The summed E-state index contributed by atoms with van der Waals surface area (Å²) in [6.45, 7) is 6.94. The van der Waals surface area contributed by atoms with Crippen molar-refractivity contribution >= 4 is 45.4 Å². The van der Waals surface area contributed by atoms with E-state index in [1.807, 2.05) is 51.1 Å². The van der Waals surface area contributed by atoms with E-state index in [2.05, 4.69) is 15.2 Å². The average molecular weight is 374 g/mol. The van der Waals surface area contributed by atoms with Crippen LogP contribution in [-0.4, -0.2) is 39.3 Å². The van der Waals surface area contributed by atoms with Gasteiger partial charge in [0.1, 0.15) is 10.8 Å². The SMILES string of the molecule is CCOc1ccc(/C=C2\S/C(=N/c3nnc(C)s3)N(CC)C2=O)cc1. The van der Waals surface area contributed by atoms with Gasteiger partial charge in [-0.1, -0.05) is 23.5 Å². The molecule has 1 amide bonds. The van der Waals surface area contributed by atoms with E-state index in [4.69, 9.17) is 4.74 Å². The third kappa shape index (κ3) is 4.08. The number of benzene rings is 1. The molecule has 0 unspecified atom stereocenters. The number of rotatable bonds is 5. The number of hydrogen-bond acceptors (Lipinski definition) is 7. The minimum absolute atomic E-state index is 0.0404. The Morgan fingerprint density at radius 3 is 2.60 bits per heavy atom. The molecule has 1 aliphatic heterocycles. The summed E-state index contributed by atoms with van der Waals surface area (Å²) < 4.78 is 5.44. The molecular weight excluding hydrogens is 356 g/mol. The summed E-state index contributed by atoms with van der Waals surface area (Å²) in [7, 11) is 0. The second kappa shape index (κ2) is 7.79. The highest BCUT2D eigenvalue weighted by Gasteiger charge is 2.32. The fraction of sp³-hybridized carbons (Fsp3) is 0.294. The molecule has 0 atom stereocenters. The zero-order chi connectivity index (χ0) is 17.8. The molecule has 1 saturated heterocycles. The lowest BCUT2D eigenvalue weighted by molar-refractivity contribution is -0.122. The van der Waals surface area contributed by atoms with Crippen molar-refractivity contribution in [3.8, 4) is 5.75 Å². The Labute approximate surface area is 154 Å². The largest absolute Gasteiger partial charge is 0.494 e. The van der Waals surface area contributed by atoms with Gasteiger partial charge in [0, 0.05) is 6.54 Å². The number of carbonyl (C=O) groups excluding carboxylic acids is 1. The van der Waals surface area contributed by atoms with Gasteiger partial charge in [-0.3, -0.25) is 9.69 Å². The van der Waals surface area contributed by atoms with Crippen molar-refractivity contribution in [3.63, 3.8) is 0 Å². The van der Waals surface area contributed by atoms with Crippen molar-refractivity contribution in [2.45, 2.75) is 20.8 Å². The van der Waals surface area contributed by atoms with E-state index < -0.39 is 0 Å². The third-order valence-corrected chi connectivity index (χ3v) is 5.14. The van der Waals surface area contributed by atoms with Gasteiger partial charge in [0.2, 0.25) is 5.13 Å². The lowest BCUT2D eigenvalue weighted by atomic mass is 10.2. The normalized spacial score (nSPS) is 17.7. The minimum atomic E-state index is -0.0404. The highest BCUT2D eigenvalue weighted by molar-refractivity contribution is 8.18. The van der Waals surface area contributed by atoms with Crippen LogP contribution in [0.4, 0.5) is 5.13 Å². The molecule has 1 aromatic heterocycles. The molecule has 0 bridgehead atoms. The van der Waals surface area contributed by atoms with Crippen LogP contribution < -0.4 is 4.74 Å². The Balaban J connectivity index is 1.85. The second-order valence-corrected chi connectivity index (χ2v) is 7.33. The first-order chi connectivity index (χ1) is 12.1. The first-order valence-corrected chi connectivity index (χ1v) is 9.57. The molecule has 0 spiro atoms. The number of hydrogen-bond donors (Lipinski definition) is 0. The van der Waals surface area contributed by atoms with E-state index >= 15 is 0 Å². The number of likely N-dealkylation sites (N-methyl/N-ethyl adjacent to an activating group) is 1. The van der Waals surface area contributed by atoms with Crippen LogP contribution in [0.15, 0.2) is 34.2 Å². The number of amidine groups is 1. The first kappa shape index (κ1) is 17.6. The molecule has 3 rings (SSSR count). The maximum absolute atomic E-state index is 12.6. The van der Waals surface area contributed by atoms with E-state index in [1.54, 1.807) is 4.90 Å². The molecule has 2 aromatic rings. The first-order valence-electron chi connectivity index (χ1n) is 7.93. The van der Waals surface area contributed by atoms with Gasteiger partial charge in [0.05, 0.1) is 11.5 Å². The van der Waals surface area contributed by atoms with Crippen LogP contribution in [0.5, 0.6) is 5.75 Å². The fourth-order valence-corrected chi connectivity index (χ4v) is 3.92. The van der Waals surface area contributed by atoms with Crippen molar-refractivity contribution in [2.75, 3.05) is 13.2 Å². The van der Waals surface area contributed by atoms with Gasteiger partial charge >= 0.3 is 0 Å². The summed E-state index contributed by atoms with van der Waals surface area (Å²) in [6.07, 6.45) is 1.87. The Morgan fingerprint density at radius 2 is 2.00 bits per heavy atom. The highest BCUT2D eigenvalue weighted by atomic mass is 32.2. The molecular formula is C17H18N4O2S2. The topological polar surface area (TPSA) is 67.7 Å². The van der Waals surface area contributed by atoms with Crippen molar-refractivity contribution in [1.29, 1.82) is 0 Å². The van der Waals surface area contributed by atoms with Crippen LogP contribution in [0.2, 0.25) is 0 Å². The number of aryl methyl sites for hydroxylation is 1. The van der Waals surface area contributed by atoms with Gasteiger partial charge in [-0.15, -0.1) is 10.2 Å². The summed E-state index contributed by atoms with van der Waals surface area (Å²) in [5, 5.41) is 10.0. The van der Waals surface area contributed by atoms with E-state index in [9.17, 15) is 4.79 Å². The fourth-order valence-electron chi connectivity index (χ4n) is 2.26. The summed E-state index contributed by atoms with van der Waals surface area (Å²) in [4.78, 5) is 19.4. The second-order valence-electron chi connectivity index (χ2n) is 5.16. The van der Waals surface area contributed by atoms with Crippen LogP contribution in [0.1, 0.15) is 24.4 Å². The number of carbonyl (C=O) groups is 1. The number of aliphatic imine (C=N–C) groups is 1. The van der Waals surface area contributed by atoms with Crippen LogP contribution in [0.25, 0.3) is 6.08 Å². The van der Waals surface area contributed by atoms with Crippen molar-refractivity contribution in [1.82, 2.24) is 15.1 Å². The summed E-state index contributed by atoms with van der Waals surface area (Å²) in [5.74, 6) is 0.778. The molecule has 1 aliphatic rings. The van der Waals surface area contributed by atoms with Crippen LogP contribution >= 0.6 is 23.1 Å². The maximum atomic E-state index is 12.6. The molecule has 0 saturated carbocycles. The maximum Gasteiger partial charge on any atom is 0.266 e. The Kier molecular flexibility index (Phi) is 5.50. The molecule has 0 N–H and O–H groups in total. The van der Waals surface area contributed by atoms with Gasteiger partial charge in [-0.05, 0) is 56.3 Å². The Morgan fingerprint density at radius 1 is 1.24 bits per heavy atom. The van der Waals surface area contributed by atoms with Crippen LogP contribution in [-0.2, 0) is 4.79 Å². The molecule has 8 heteroatoms. The van der Waals surface area contributed by atoms with Crippen LogP contribution in [0.3, 0.4) is 0 Å². The van der Waals surface area contributed by atoms with Gasteiger partial charge in [0.15, 0.2) is 5.17 Å². The van der Waals surface area contributed by atoms with E-state index in [-0.39, 0.29) is 5.91 Å². The smallest absolute Gasteiger partial charge is 0.266 e. The summed E-state index contributed by atoms with van der Waals surface area (Å²) in [6, 6.07) is 7.67. The van der Waals surface area contributed by atoms with Crippen LogP contribution in [0, 0.1) is 6.92 Å². The molecule has 6 nitrogen and oxygen atoms in total. The highest BCUT2D eigenvalue weighted by Crippen LogP contribution is 2.34. The van der Waals surface area contributed by atoms with Gasteiger partial charge in [-0.25, -0.2) is 0 Å². The third-order valence-electron chi connectivity index (χ3n) is 3.40. The molecule has 2 heterocycles. The minimum Gasteiger partial charge on any atom is -0.494 e. The van der Waals surface area contributed by atoms with Gasteiger partial charge in [-0.2, -0.15) is 4.99 Å². The summed E-state index contributed by atoms with van der Waals surface area (Å²) in [5.41, 5.74) is 0.948. The lowest BCUT2D eigenvalue weighted by Crippen LogP contribution is -2.28. The molecule has 0 radical (unpaired) electrons. The Bertz CT molecular complexity index is 827. The monoisotopic (exact) mass is 374 g/mol. The van der Waals surface area contributed by atoms with E-state index in [0.717, 1.165) is 16.3 Å². The number of ether oxygens (including phenoxy) is 1. The zero-order valence-electron chi connectivity index (χ0n) is 14.2. The predicted octanol–water partition coefficient (Wildman–Crippen LogP) is 3.87. The quantitative estimate of drug-likeness (QED) is 0.743. The van der Waals surface area contributed by atoms with E-state index in [0.29, 0.717) is 28.4 Å². The average Bonchev–Trinajstić information content (AvgIpc) is 3.13. The number of nitrogens with zero attached hydrogens (tertiary/aromatic N) is 4. The number of aromatic nitrogens is 2. The zero-order valence-corrected chi connectivity index (χ0v) is 15.9. The molecule has 1 fully saturated rings.